The summed E-state index contributed by atoms with van der Waals surface area (Å²) in [7, 11) is 0. The number of rotatable bonds is 2. The zero-order chi connectivity index (χ0) is 18.4. The van der Waals surface area contributed by atoms with Crippen LogP contribution in [0.4, 0.5) is 0 Å². The minimum atomic E-state index is -0.123. The third kappa shape index (κ3) is 2.66. The molecule has 4 rings (SSSR count). The second-order valence-electron chi connectivity index (χ2n) is 7.39. The van der Waals surface area contributed by atoms with Crippen molar-refractivity contribution in [2.45, 2.75) is 58.9 Å². The molecule has 1 fully saturated rings. The molecule has 2 aliphatic rings. The van der Waals surface area contributed by atoms with Crippen LogP contribution in [0.25, 0.3) is 0 Å². The van der Waals surface area contributed by atoms with E-state index in [4.69, 9.17) is 4.52 Å². The molecule has 2 aromatic heterocycles. The van der Waals surface area contributed by atoms with Crippen molar-refractivity contribution in [1.82, 2.24) is 19.6 Å². The fourth-order valence-corrected chi connectivity index (χ4v) is 4.41. The summed E-state index contributed by atoms with van der Waals surface area (Å²) in [5.41, 5.74) is 2.88. The number of carbonyl (C=O) groups is 1. The van der Waals surface area contributed by atoms with Gasteiger partial charge >= 0.3 is 0 Å². The second-order valence-corrected chi connectivity index (χ2v) is 7.39. The molecule has 26 heavy (non-hydrogen) atoms. The number of piperidine rings is 1. The van der Waals surface area contributed by atoms with Crippen LogP contribution in [0.2, 0.25) is 0 Å². The molecular weight excluding hydrogens is 332 g/mol. The van der Waals surface area contributed by atoms with Crippen LogP contribution in [0.15, 0.2) is 9.32 Å². The monoisotopic (exact) mass is 356 g/mol. The standard InChI is InChI=1S/C19H24N4O3/c1-11-17(23-9-5-7-15(23)20-18(11)24)14-6-4-8-22(10-14)19(25)16-12(2)21-26-13(16)3/h14H,4-10H2,1-3H3/t14-/m1/s1. The highest BCUT2D eigenvalue weighted by molar-refractivity contribution is 5.96. The number of aromatic nitrogens is 3. The maximum atomic E-state index is 13.0. The Balaban J connectivity index is 1.67. The average Bonchev–Trinajstić information content (AvgIpc) is 3.21. The molecule has 4 heterocycles. The first-order valence-corrected chi connectivity index (χ1v) is 9.29. The van der Waals surface area contributed by atoms with Crippen molar-refractivity contribution < 1.29 is 9.32 Å². The summed E-state index contributed by atoms with van der Waals surface area (Å²) in [6.45, 7) is 7.68. The van der Waals surface area contributed by atoms with Crippen molar-refractivity contribution in [1.29, 1.82) is 0 Å². The quantitative estimate of drug-likeness (QED) is 0.823. The molecule has 1 saturated heterocycles. The predicted molar refractivity (Wildman–Crippen MR) is 95.4 cm³/mol. The Kier molecular flexibility index (Phi) is 4.17. The van der Waals surface area contributed by atoms with Crippen molar-refractivity contribution >= 4 is 5.91 Å². The highest BCUT2D eigenvalue weighted by atomic mass is 16.5. The Morgan fingerprint density at radius 1 is 1.19 bits per heavy atom. The van der Waals surface area contributed by atoms with Crippen molar-refractivity contribution in [2.24, 2.45) is 0 Å². The Hall–Kier alpha value is -2.44. The van der Waals surface area contributed by atoms with E-state index in [0.717, 1.165) is 55.9 Å². The summed E-state index contributed by atoms with van der Waals surface area (Å²) in [4.78, 5) is 31.4. The van der Waals surface area contributed by atoms with Gasteiger partial charge in [-0.2, -0.15) is 4.98 Å². The maximum absolute atomic E-state index is 13.0. The molecule has 7 nitrogen and oxygen atoms in total. The van der Waals surface area contributed by atoms with Gasteiger partial charge < -0.3 is 14.0 Å². The molecule has 2 aliphatic heterocycles. The van der Waals surface area contributed by atoms with Crippen LogP contribution in [-0.4, -0.2) is 38.6 Å². The first-order chi connectivity index (χ1) is 12.5. The number of amides is 1. The number of likely N-dealkylation sites (tertiary alicyclic amines) is 1. The zero-order valence-corrected chi connectivity index (χ0v) is 15.5. The van der Waals surface area contributed by atoms with E-state index in [-0.39, 0.29) is 17.4 Å². The summed E-state index contributed by atoms with van der Waals surface area (Å²) in [5, 5.41) is 3.91. The van der Waals surface area contributed by atoms with Gasteiger partial charge in [0, 0.05) is 43.2 Å². The molecule has 138 valence electrons. The van der Waals surface area contributed by atoms with E-state index in [1.165, 1.54) is 0 Å². The fraction of sp³-hybridized carbons (Fsp3) is 0.579. The molecule has 7 heteroatoms. The predicted octanol–water partition coefficient (Wildman–Crippen LogP) is 2.12. The zero-order valence-electron chi connectivity index (χ0n) is 15.5. The van der Waals surface area contributed by atoms with Gasteiger partial charge in [-0.15, -0.1) is 0 Å². The van der Waals surface area contributed by atoms with Crippen LogP contribution in [0.3, 0.4) is 0 Å². The van der Waals surface area contributed by atoms with E-state index in [1.807, 2.05) is 11.8 Å². The molecule has 0 N–H and O–H groups in total. The van der Waals surface area contributed by atoms with Crippen molar-refractivity contribution in [2.75, 3.05) is 13.1 Å². The molecule has 0 bridgehead atoms. The van der Waals surface area contributed by atoms with Crippen LogP contribution in [0, 0.1) is 20.8 Å². The van der Waals surface area contributed by atoms with Gasteiger partial charge in [0.15, 0.2) is 0 Å². The largest absolute Gasteiger partial charge is 0.361 e. The van der Waals surface area contributed by atoms with Gasteiger partial charge in [0.2, 0.25) is 0 Å². The molecule has 0 aliphatic carbocycles. The van der Waals surface area contributed by atoms with Crippen molar-refractivity contribution in [3.8, 4) is 0 Å². The van der Waals surface area contributed by atoms with Gasteiger partial charge in [-0.05, 0) is 40.0 Å². The van der Waals surface area contributed by atoms with Crippen LogP contribution in [0.5, 0.6) is 0 Å². The van der Waals surface area contributed by atoms with Gasteiger partial charge in [0.25, 0.3) is 11.5 Å². The van der Waals surface area contributed by atoms with Gasteiger partial charge in [-0.25, -0.2) is 0 Å². The average molecular weight is 356 g/mol. The number of hydrogen-bond donors (Lipinski definition) is 0. The van der Waals surface area contributed by atoms with E-state index in [1.54, 1.807) is 13.8 Å². The number of nitrogens with zero attached hydrogens (tertiary/aromatic N) is 4. The minimum absolute atomic E-state index is 0.0262. The SMILES string of the molecule is Cc1noc(C)c1C(=O)N1CCC[C@@H](c2c(C)c(=O)nc3n2CCC3)C1. The minimum Gasteiger partial charge on any atom is -0.361 e. The van der Waals surface area contributed by atoms with E-state index >= 15 is 0 Å². The lowest BCUT2D eigenvalue weighted by molar-refractivity contribution is 0.0701. The Morgan fingerprint density at radius 3 is 2.73 bits per heavy atom. The molecular formula is C19H24N4O3. The van der Waals surface area contributed by atoms with E-state index < -0.39 is 0 Å². The van der Waals surface area contributed by atoms with Gasteiger partial charge in [-0.1, -0.05) is 5.16 Å². The maximum Gasteiger partial charge on any atom is 0.276 e. The van der Waals surface area contributed by atoms with E-state index in [0.29, 0.717) is 23.6 Å². The third-order valence-corrected chi connectivity index (χ3v) is 5.66. The molecule has 0 unspecified atom stereocenters. The molecule has 0 aromatic carbocycles. The van der Waals surface area contributed by atoms with Crippen molar-refractivity contribution in [3.05, 3.63) is 44.5 Å². The summed E-state index contributed by atoms with van der Waals surface area (Å²) < 4.78 is 7.38. The molecule has 0 spiro atoms. The van der Waals surface area contributed by atoms with E-state index in [9.17, 15) is 9.59 Å². The van der Waals surface area contributed by atoms with Crippen LogP contribution in [-0.2, 0) is 13.0 Å². The first kappa shape index (κ1) is 17.0. The molecule has 2 aromatic rings. The Bertz CT molecular complexity index is 908. The smallest absolute Gasteiger partial charge is 0.276 e. The van der Waals surface area contributed by atoms with Crippen LogP contribution in [0.1, 0.15) is 64.1 Å². The summed E-state index contributed by atoms with van der Waals surface area (Å²) in [6.07, 6.45) is 3.79. The summed E-state index contributed by atoms with van der Waals surface area (Å²) in [6, 6.07) is 0. The first-order valence-electron chi connectivity index (χ1n) is 9.29. The lowest BCUT2D eigenvalue weighted by atomic mass is 9.91. The van der Waals surface area contributed by atoms with Gasteiger partial charge in [0.1, 0.15) is 17.1 Å². The fourth-order valence-electron chi connectivity index (χ4n) is 4.41. The topological polar surface area (TPSA) is 81.2 Å². The van der Waals surface area contributed by atoms with Crippen LogP contribution < -0.4 is 5.56 Å². The molecule has 1 amide bonds. The number of hydrogen-bond acceptors (Lipinski definition) is 5. The number of aryl methyl sites for hydroxylation is 3. The second kappa shape index (κ2) is 6.37. The Labute approximate surface area is 152 Å². The van der Waals surface area contributed by atoms with Crippen LogP contribution >= 0.6 is 0 Å². The van der Waals surface area contributed by atoms with Gasteiger partial charge in [-0.3, -0.25) is 9.59 Å². The lowest BCUT2D eigenvalue weighted by Crippen LogP contribution is -2.41. The summed E-state index contributed by atoms with van der Waals surface area (Å²) in [5.74, 6) is 1.60. The lowest BCUT2D eigenvalue weighted by Gasteiger charge is -2.34. The van der Waals surface area contributed by atoms with E-state index in [2.05, 4.69) is 14.7 Å². The van der Waals surface area contributed by atoms with Crippen molar-refractivity contribution in [3.63, 3.8) is 0 Å². The normalized spacial score (nSPS) is 19.7. The highest BCUT2D eigenvalue weighted by Crippen LogP contribution is 2.31. The number of fused-ring (bicyclic) bond motifs is 1. The highest BCUT2D eigenvalue weighted by Gasteiger charge is 2.32. The molecule has 0 saturated carbocycles. The third-order valence-electron chi connectivity index (χ3n) is 5.66. The molecule has 1 atom stereocenters. The van der Waals surface area contributed by atoms with Gasteiger partial charge in [0.05, 0.1) is 5.69 Å². The Morgan fingerprint density at radius 2 is 2.00 bits per heavy atom. The summed E-state index contributed by atoms with van der Waals surface area (Å²) >= 11 is 0. The molecule has 0 radical (unpaired) electrons. The number of carbonyl (C=O) groups excluding carboxylic acids is 1.